The molecule has 0 bridgehead atoms. The van der Waals surface area contributed by atoms with Crippen LogP contribution in [0.25, 0.3) is 20.4 Å². The third kappa shape index (κ3) is 4.34. The van der Waals surface area contributed by atoms with E-state index in [1.807, 2.05) is 30.8 Å². The van der Waals surface area contributed by atoms with Crippen molar-refractivity contribution >= 4 is 65.2 Å². The van der Waals surface area contributed by atoms with E-state index in [9.17, 15) is 9.59 Å². The second-order valence-electron chi connectivity index (χ2n) is 7.46. The van der Waals surface area contributed by atoms with Gasteiger partial charge in [0.05, 0.1) is 33.5 Å². The highest BCUT2D eigenvalue weighted by atomic mass is 32.1. The number of likely N-dealkylation sites (N-methyl/N-ethyl adjacent to an activating group) is 1. The summed E-state index contributed by atoms with van der Waals surface area (Å²) in [7, 11) is 3.71. The molecule has 0 atom stereocenters. The number of fused-ring (bicyclic) bond motifs is 2. The summed E-state index contributed by atoms with van der Waals surface area (Å²) >= 11 is 3.00. The first kappa shape index (κ1) is 20.0. The first-order valence-electron chi connectivity index (χ1n) is 9.57. The molecular weight excluding hydrogens is 408 g/mol. The maximum atomic E-state index is 12.2. The Morgan fingerprint density at radius 2 is 1.72 bits per heavy atom. The van der Waals surface area contributed by atoms with Gasteiger partial charge in [0.25, 0.3) is 0 Å². The van der Waals surface area contributed by atoms with Crippen molar-refractivity contribution in [3.05, 3.63) is 11.6 Å². The number of anilines is 2. The fourth-order valence-electron chi connectivity index (χ4n) is 3.43. The van der Waals surface area contributed by atoms with Crippen LogP contribution in [0.1, 0.15) is 18.4 Å². The van der Waals surface area contributed by atoms with Gasteiger partial charge in [0.1, 0.15) is 0 Å². The molecule has 0 aliphatic carbocycles. The third-order valence-electron chi connectivity index (χ3n) is 4.84. The van der Waals surface area contributed by atoms with Gasteiger partial charge in [0.15, 0.2) is 10.3 Å². The number of nitrogens with one attached hydrogen (secondary N) is 2. The number of hydrogen-bond acceptors (Lipinski definition) is 8. The molecule has 1 aliphatic heterocycles. The molecule has 10 heteroatoms. The normalized spacial score (nSPS) is 14.3. The quantitative estimate of drug-likeness (QED) is 0.623. The van der Waals surface area contributed by atoms with E-state index in [2.05, 4.69) is 26.7 Å². The number of carbonyl (C=O) groups is 2. The van der Waals surface area contributed by atoms with E-state index in [4.69, 9.17) is 0 Å². The van der Waals surface area contributed by atoms with Crippen LogP contribution >= 0.6 is 22.7 Å². The van der Waals surface area contributed by atoms with Crippen LogP contribution in [-0.4, -0.2) is 71.9 Å². The van der Waals surface area contributed by atoms with Crippen LogP contribution < -0.4 is 10.6 Å². The predicted octanol–water partition coefficient (Wildman–Crippen LogP) is 2.75. The molecule has 3 heterocycles. The number of aromatic nitrogens is 2. The van der Waals surface area contributed by atoms with Crippen LogP contribution in [0.2, 0.25) is 0 Å². The van der Waals surface area contributed by atoms with Crippen molar-refractivity contribution in [2.75, 3.05) is 50.9 Å². The number of aryl methyl sites for hydroxylation is 1. The van der Waals surface area contributed by atoms with Gasteiger partial charge in [-0.1, -0.05) is 22.7 Å². The van der Waals surface area contributed by atoms with E-state index < -0.39 is 0 Å². The second-order valence-corrected chi connectivity index (χ2v) is 9.52. The average Bonchev–Trinajstić information content (AvgIpc) is 3.38. The molecule has 2 aromatic heterocycles. The Hall–Kier alpha value is -2.30. The summed E-state index contributed by atoms with van der Waals surface area (Å²) < 4.78 is 2.06. The minimum absolute atomic E-state index is 0.0826. The topological polar surface area (TPSA) is 90.5 Å². The summed E-state index contributed by atoms with van der Waals surface area (Å²) in [6, 6.07) is 2.06. The van der Waals surface area contributed by atoms with Gasteiger partial charge in [-0.05, 0) is 39.9 Å². The van der Waals surface area contributed by atoms with Gasteiger partial charge in [-0.2, -0.15) is 0 Å². The molecule has 1 aromatic carbocycles. The number of likely N-dealkylation sites (tertiary alicyclic amines) is 1. The van der Waals surface area contributed by atoms with E-state index >= 15 is 0 Å². The Balaban J connectivity index is 1.52. The fourth-order valence-corrected chi connectivity index (χ4v) is 5.45. The molecule has 2 amide bonds. The lowest BCUT2D eigenvalue weighted by Crippen LogP contribution is -2.32. The van der Waals surface area contributed by atoms with Crippen molar-refractivity contribution in [3.8, 4) is 0 Å². The van der Waals surface area contributed by atoms with E-state index in [0.717, 1.165) is 57.1 Å². The predicted molar refractivity (Wildman–Crippen MR) is 119 cm³/mol. The van der Waals surface area contributed by atoms with E-state index in [1.165, 1.54) is 22.7 Å². The van der Waals surface area contributed by atoms with Gasteiger partial charge in [-0.25, -0.2) is 9.97 Å². The van der Waals surface area contributed by atoms with E-state index in [-0.39, 0.29) is 18.4 Å². The Bertz CT molecular complexity index is 1070. The molecule has 0 unspecified atom stereocenters. The van der Waals surface area contributed by atoms with Crippen molar-refractivity contribution in [3.63, 3.8) is 0 Å². The summed E-state index contributed by atoms with van der Waals surface area (Å²) in [5, 5.41) is 7.38. The van der Waals surface area contributed by atoms with Crippen LogP contribution in [-0.2, 0) is 9.59 Å². The molecule has 0 radical (unpaired) electrons. The zero-order valence-electron chi connectivity index (χ0n) is 16.7. The fraction of sp³-hybridized carbons (Fsp3) is 0.474. The molecule has 3 aromatic rings. The highest BCUT2D eigenvalue weighted by Crippen LogP contribution is 2.36. The number of amides is 2. The van der Waals surface area contributed by atoms with Gasteiger partial charge in [0, 0.05) is 18.7 Å². The van der Waals surface area contributed by atoms with E-state index in [1.54, 1.807) is 0 Å². The first-order valence-corrected chi connectivity index (χ1v) is 11.2. The lowest BCUT2D eigenvalue weighted by Gasteiger charge is -2.14. The average molecular weight is 433 g/mol. The van der Waals surface area contributed by atoms with Crippen molar-refractivity contribution in [1.29, 1.82) is 0 Å². The number of rotatable bonds is 6. The first-order chi connectivity index (χ1) is 13.9. The standard InChI is InChI=1S/C19H24N6O2S2/c1-11-16-12(28-18(22-16)20-9-15(27)25-6-4-5-7-25)8-13-17(11)23-19(29-13)21-14(26)10-24(2)3/h8H,4-7,9-10H2,1-3H3,(H,20,22)(H,21,23,26). The lowest BCUT2D eigenvalue weighted by molar-refractivity contribution is -0.128. The van der Waals surface area contributed by atoms with Crippen LogP contribution in [0.4, 0.5) is 10.3 Å². The summed E-state index contributed by atoms with van der Waals surface area (Å²) in [6.45, 7) is 4.29. The van der Waals surface area contributed by atoms with Crippen molar-refractivity contribution in [2.24, 2.45) is 0 Å². The van der Waals surface area contributed by atoms with Crippen LogP contribution in [0, 0.1) is 6.92 Å². The zero-order chi connectivity index (χ0) is 20.5. The van der Waals surface area contributed by atoms with Crippen molar-refractivity contribution in [2.45, 2.75) is 19.8 Å². The summed E-state index contributed by atoms with van der Waals surface area (Å²) in [5.74, 6) is 0.0417. The largest absolute Gasteiger partial charge is 0.352 e. The van der Waals surface area contributed by atoms with Gasteiger partial charge < -0.3 is 20.4 Å². The summed E-state index contributed by atoms with van der Waals surface area (Å²) in [5.41, 5.74) is 2.72. The monoisotopic (exact) mass is 432 g/mol. The Labute approximate surface area is 176 Å². The zero-order valence-corrected chi connectivity index (χ0v) is 18.4. The summed E-state index contributed by atoms with van der Waals surface area (Å²) in [6.07, 6.45) is 2.18. The molecule has 154 valence electrons. The minimum Gasteiger partial charge on any atom is -0.352 e. The van der Waals surface area contributed by atoms with Gasteiger partial charge in [-0.3, -0.25) is 9.59 Å². The second kappa shape index (κ2) is 8.21. The maximum Gasteiger partial charge on any atom is 0.241 e. The smallest absolute Gasteiger partial charge is 0.241 e. The van der Waals surface area contributed by atoms with Crippen molar-refractivity contribution in [1.82, 2.24) is 19.8 Å². The highest BCUT2D eigenvalue weighted by Gasteiger charge is 2.19. The number of carbonyl (C=O) groups excluding carboxylic acids is 2. The number of hydrogen-bond donors (Lipinski definition) is 2. The Morgan fingerprint density at radius 1 is 1.10 bits per heavy atom. The van der Waals surface area contributed by atoms with Gasteiger partial charge >= 0.3 is 0 Å². The minimum atomic E-state index is -0.0826. The van der Waals surface area contributed by atoms with Crippen LogP contribution in [0.3, 0.4) is 0 Å². The molecular formula is C19H24N6O2S2. The van der Waals surface area contributed by atoms with Gasteiger partial charge in [-0.15, -0.1) is 0 Å². The molecule has 0 saturated carbocycles. The van der Waals surface area contributed by atoms with E-state index in [0.29, 0.717) is 11.7 Å². The SMILES string of the molecule is Cc1c2nc(NCC(=O)N3CCCC3)sc2cc2sc(NC(=O)CN(C)C)nc12. The maximum absolute atomic E-state index is 12.2. The van der Waals surface area contributed by atoms with Gasteiger partial charge in [0.2, 0.25) is 11.8 Å². The molecule has 4 rings (SSSR count). The third-order valence-corrected chi connectivity index (χ3v) is 6.71. The number of nitrogens with zero attached hydrogens (tertiary/aromatic N) is 4. The molecule has 2 N–H and O–H groups in total. The highest BCUT2D eigenvalue weighted by molar-refractivity contribution is 7.24. The van der Waals surface area contributed by atoms with Crippen molar-refractivity contribution < 1.29 is 9.59 Å². The molecule has 1 fully saturated rings. The number of thiazole rings is 2. The molecule has 1 saturated heterocycles. The molecule has 0 spiro atoms. The molecule has 29 heavy (non-hydrogen) atoms. The Morgan fingerprint density at radius 3 is 2.38 bits per heavy atom. The van der Waals surface area contributed by atoms with Crippen LogP contribution in [0.15, 0.2) is 6.07 Å². The van der Waals surface area contributed by atoms with Crippen LogP contribution in [0.5, 0.6) is 0 Å². The molecule has 1 aliphatic rings. The lowest BCUT2D eigenvalue weighted by atomic mass is 10.2. The molecule has 8 nitrogen and oxygen atoms in total. The Kier molecular flexibility index (Phi) is 5.66. The number of benzene rings is 1. The summed E-state index contributed by atoms with van der Waals surface area (Å²) in [4.78, 5) is 37.2.